The summed E-state index contributed by atoms with van der Waals surface area (Å²) in [5.74, 6) is -3.60. The predicted molar refractivity (Wildman–Crippen MR) is 91.0 cm³/mol. The number of rotatable bonds is 7. The Morgan fingerprint density at radius 2 is 2.24 bits per heavy atom. The van der Waals surface area contributed by atoms with Crippen molar-refractivity contribution in [3.8, 4) is 0 Å². The first-order valence-corrected chi connectivity index (χ1v) is 9.22. The van der Waals surface area contributed by atoms with Gasteiger partial charge >= 0.3 is 29.6 Å². The number of oxime groups is 1. The van der Waals surface area contributed by atoms with Gasteiger partial charge in [0.05, 0.1) is 11.7 Å². The van der Waals surface area contributed by atoms with Gasteiger partial charge in [-0.1, -0.05) is 5.16 Å². The number of aliphatic carboxylic acids is 1. The third-order valence-electron chi connectivity index (χ3n) is 3.69. The number of thioether (sulfide) groups is 1. The molecule has 16 heteroatoms. The number of fused-ring (bicyclic) bond motifs is 1. The van der Waals surface area contributed by atoms with Crippen molar-refractivity contribution in [2.45, 2.75) is 11.4 Å². The molecular formula is C13H10FN6NaO6S2. The van der Waals surface area contributed by atoms with Crippen molar-refractivity contribution in [1.82, 2.24) is 19.6 Å². The predicted octanol–water partition coefficient (Wildman–Crippen LogP) is -5.63. The van der Waals surface area contributed by atoms with Gasteiger partial charge in [0.15, 0.2) is 5.13 Å². The molecule has 148 valence electrons. The summed E-state index contributed by atoms with van der Waals surface area (Å²) in [6, 6.07) is -1.12. The van der Waals surface area contributed by atoms with Crippen molar-refractivity contribution < 1.29 is 63.1 Å². The number of nitrogens with two attached hydrogens (primary N) is 1. The zero-order valence-corrected chi connectivity index (χ0v) is 18.3. The molecule has 2 aliphatic rings. The van der Waals surface area contributed by atoms with Crippen molar-refractivity contribution in [2.24, 2.45) is 5.16 Å². The summed E-state index contributed by atoms with van der Waals surface area (Å²) >= 11 is 1.84. The molecule has 2 unspecified atom stereocenters. The van der Waals surface area contributed by atoms with Crippen LogP contribution in [0.25, 0.3) is 0 Å². The number of aldehydes is 1. The Hall–Kier alpha value is -2.07. The van der Waals surface area contributed by atoms with Crippen LogP contribution in [0, 0.1) is 0 Å². The van der Waals surface area contributed by atoms with E-state index in [4.69, 9.17) is 5.73 Å². The smallest absolute Gasteiger partial charge is 0.543 e. The van der Waals surface area contributed by atoms with Gasteiger partial charge in [-0.25, -0.2) is 4.39 Å². The van der Waals surface area contributed by atoms with Crippen molar-refractivity contribution >= 4 is 58.2 Å². The van der Waals surface area contributed by atoms with E-state index in [-0.39, 0.29) is 51.8 Å². The fourth-order valence-corrected chi connectivity index (χ4v) is 4.26. The first kappa shape index (κ1) is 23.2. The zero-order valence-electron chi connectivity index (χ0n) is 14.7. The molecule has 3 rings (SSSR count). The van der Waals surface area contributed by atoms with E-state index < -0.39 is 47.5 Å². The Labute approximate surface area is 192 Å². The van der Waals surface area contributed by atoms with E-state index in [1.54, 1.807) is 0 Å². The van der Waals surface area contributed by atoms with Gasteiger partial charge in [-0.3, -0.25) is 19.3 Å². The third-order valence-corrected chi connectivity index (χ3v) is 5.54. The first-order chi connectivity index (χ1) is 13.4. The molecule has 2 amide bonds. The fourth-order valence-electron chi connectivity index (χ4n) is 2.54. The maximum Gasteiger partial charge on any atom is 1.00 e. The summed E-state index contributed by atoms with van der Waals surface area (Å²) in [7, 11) is 0. The summed E-state index contributed by atoms with van der Waals surface area (Å²) in [5.41, 5.74) is 4.31. The number of halogens is 1. The van der Waals surface area contributed by atoms with Crippen LogP contribution in [-0.4, -0.2) is 68.1 Å². The quantitative estimate of drug-likeness (QED) is 0.133. The maximum absolute atomic E-state index is 12.5. The van der Waals surface area contributed by atoms with E-state index in [0.717, 1.165) is 28.2 Å². The summed E-state index contributed by atoms with van der Waals surface area (Å²) in [4.78, 5) is 56.0. The van der Waals surface area contributed by atoms with Crippen LogP contribution < -0.4 is 45.7 Å². The number of nitrogens with one attached hydrogen (secondary N) is 1. The van der Waals surface area contributed by atoms with E-state index in [1.807, 2.05) is 0 Å². The Morgan fingerprint density at radius 1 is 1.52 bits per heavy atom. The number of nitrogen functional groups attached to an aromatic ring is 1. The first-order valence-electron chi connectivity index (χ1n) is 7.39. The number of hydrogen-bond donors (Lipinski definition) is 2. The van der Waals surface area contributed by atoms with Gasteiger partial charge in [0.25, 0.3) is 18.7 Å². The van der Waals surface area contributed by atoms with Crippen LogP contribution in [0.15, 0.2) is 16.4 Å². The molecular weight excluding hydrogens is 442 g/mol. The van der Waals surface area contributed by atoms with E-state index in [1.165, 1.54) is 0 Å². The summed E-state index contributed by atoms with van der Waals surface area (Å²) < 4.78 is 16.0. The number of hydrogen-bond acceptors (Lipinski definition) is 12. The van der Waals surface area contributed by atoms with Crippen molar-refractivity contribution in [2.75, 3.05) is 18.3 Å². The fraction of sp³-hybridized carbons (Fsp3) is 0.308. The van der Waals surface area contributed by atoms with Crippen LogP contribution in [-0.2, 0) is 24.0 Å². The molecule has 29 heavy (non-hydrogen) atoms. The van der Waals surface area contributed by atoms with Crippen LogP contribution in [0.5, 0.6) is 0 Å². The molecule has 0 spiro atoms. The molecule has 1 aromatic rings. The number of carbonyl (C=O) groups excluding carboxylic acids is 4. The van der Waals surface area contributed by atoms with Gasteiger partial charge in [-0.2, -0.15) is 9.36 Å². The molecule has 1 aromatic heterocycles. The third kappa shape index (κ3) is 4.42. The van der Waals surface area contributed by atoms with Gasteiger partial charge < -0.3 is 25.8 Å². The van der Waals surface area contributed by atoms with Crippen molar-refractivity contribution in [1.29, 1.82) is 0 Å². The van der Waals surface area contributed by atoms with E-state index in [2.05, 4.69) is 24.7 Å². The minimum absolute atomic E-state index is 0. The van der Waals surface area contributed by atoms with Gasteiger partial charge in [0.1, 0.15) is 17.7 Å². The summed E-state index contributed by atoms with van der Waals surface area (Å²) in [5, 5.41) is 16.2. The summed E-state index contributed by atoms with van der Waals surface area (Å²) in [6.07, 6.45) is 0.338. The normalized spacial score (nSPS) is 20.9. The molecule has 1 saturated heterocycles. The Kier molecular flexibility index (Phi) is 7.70. The van der Waals surface area contributed by atoms with Crippen LogP contribution in [0.2, 0.25) is 0 Å². The van der Waals surface area contributed by atoms with Gasteiger partial charge in [-0.05, 0) is 0 Å². The molecule has 1 fully saturated rings. The number of alkyl halides is 1. The molecule has 0 radical (unpaired) electrons. The van der Waals surface area contributed by atoms with Crippen LogP contribution in [0.3, 0.4) is 0 Å². The number of aromatic nitrogens is 2. The Morgan fingerprint density at radius 3 is 2.79 bits per heavy atom. The summed E-state index contributed by atoms with van der Waals surface area (Å²) in [6.45, 7) is -1.32. The second kappa shape index (κ2) is 9.62. The maximum atomic E-state index is 12.5. The number of β-lactam (4-membered cyclic amide) rings is 1. The number of amides is 2. The Balaban J connectivity index is 0.00000300. The van der Waals surface area contributed by atoms with Crippen LogP contribution >= 0.6 is 23.3 Å². The van der Waals surface area contributed by atoms with Gasteiger partial charge in [0.2, 0.25) is 11.5 Å². The average Bonchev–Trinajstić information content (AvgIpc) is 3.10. The topological polar surface area (TPSA) is 180 Å². The van der Waals surface area contributed by atoms with E-state index in [0.29, 0.717) is 6.29 Å². The molecule has 2 atom stereocenters. The van der Waals surface area contributed by atoms with E-state index >= 15 is 0 Å². The van der Waals surface area contributed by atoms with E-state index in [9.17, 15) is 28.7 Å². The molecule has 3 heterocycles. The minimum atomic E-state index is -1.67. The molecule has 12 nitrogen and oxygen atoms in total. The zero-order chi connectivity index (χ0) is 20.4. The van der Waals surface area contributed by atoms with Crippen molar-refractivity contribution in [3.05, 3.63) is 17.1 Å². The van der Waals surface area contributed by atoms with Crippen LogP contribution in [0.1, 0.15) is 5.82 Å². The minimum Gasteiger partial charge on any atom is -0.543 e. The standard InChI is InChI=1S/C13H11FN6O6S2.Na/c14-3-26-18-5(8-17-13(15)28-19-8)9(22)16-6-10(23)20-7(12(24)25)4(1-21)2-27-11(6)20;/h1,6,11H,2-3H2,(H,16,22)(H,24,25)(H2,15,17,19);/q;+1/p-1/b18-5+;. The molecule has 2 aliphatic heterocycles. The largest absolute Gasteiger partial charge is 1.00 e. The SMILES string of the molecule is Nc1nc(/C(=N\OCF)C(=O)NC2C(=O)N3C(C(=O)[O-])=C(C=O)CSC23)ns1.[Na+]. The second-order valence-corrected chi connectivity index (χ2v) is 7.16. The Bertz CT molecular complexity index is 923. The molecule has 0 aromatic carbocycles. The monoisotopic (exact) mass is 452 g/mol. The van der Waals surface area contributed by atoms with Crippen LogP contribution in [0.4, 0.5) is 9.52 Å². The van der Waals surface area contributed by atoms with Crippen molar-refractivity contribution in [3.63, 3.8) is 0 Å². The second-order valence-electron chi connectivity index (χ2n) is 5.27. The number of carbonyl (C=O) groups is 4. The molecule has 0 saturated carbocycles. The number of carboxylic acid groups (broad SMARTS) is 1. The number of anilines is 1. The van der Waals surface area contributed by atoms with Gasteiger partial charge in [-0.15, -0.1) is 11.8 Å². The van der Waals surface area contributed by atoms with Gasteiger partial charge in [0, 0.05) is 22.9 Å². The average molecular weight is 452 g/mol. The number of nitrogens with zero attached hydrogens (tertiary/aromatic N) is 4. The number of carboxylic acids is 1. The molecule has 0 bridgehead atoms. The molecule has 0 aliphatic carbocycles. The molecule has 3 N–H and O–H groups in total.